The van der Waals surface area contributed by atoms with E-state index >= 15 is 0 Å². The van der Waals surface area contributed by atoms with Crippen LogP contribution in [0.3, 0.4) is 0 Å². The van der Waals surface area contributed by atoms with Gasteiger partial charge in [0.05, 0.1) is 11.6 Å². The molecule has 3 aliphatic rings. The van der Waals surface area contributed by atoms with Gasteiger partial charge in [-0.3, -0.25) is 4.79 Å². The zero-order valence-corrected chi connectivity index (χ0v) is 18.9. The lowest BCUT2D eigenvalue weighted by molar-refractivity contribution is -0.119. The number of amides is 1. The molecule has 0 spiro atoms. The monoisotopic (exact) mass is 432 g/mol. The van der Waals surface area contributed by atoms with Gasteiger partial charge in [-0.05, 0) is 56.0 Å². The zero-order chi connectivity index (χ0) is 22.1. The first kappa shape index (κ1) is 21.2. The Labute approximate surface area is 190 Å². The van der Waals surface area contributed by atoms with Crippen LogP contribution in [0, 0.1) is 0 Å². The molecule has 3 atom stereocenters. The summed E-state index contributed by atoms with van der Waals surface area (Å²) in [6.45, 7) is 9.31. The number of fused-ring (bicyclic) bond motifs is 1. The average molecular weight is 433 g/mol. The Morgan fingerprint density at radius 2 is 1.94 bits per heavy atom. The van der Waals surface area contributed by atoms with Gasteiger partial charge in [-0.2, -0.15) is 0 Å². The van der Waals surface area contributed by atoms with E-state index in [1.54, 1.807) is 0 Å². The molecule has 3 unspecified atom stereocenters. The van der Waals surface area contributed by atoms with Crippen molar-refractivity contribution in [2.24, 2.45) is 5.16 Å². The first-order chi connectivity index (χ1) is 15.6. The Bertz CT molecular complexity index is 1020. The SMILES string of the molecule is CC1=NOC(C)C1c1ccc2c(c1)C(CCCN1CCNCC1)(c1ccccc1)C(=O)N2. The van der Waals surface area contributed by atoms with Gasteiger partial charge in [0.15, 0.2) is 0 Å². The fraction of sp³-hybridized carbons (Fsp3) is 0.462. The van der Waals surface area contributed by atoms with E-state index in [-0.39, 0.29) is 17.9 Å². The maximum Gasteiger partial charge on any atom is 0.239 e. The Morgan fingerprint density at radius 3 is 2.66 bits per heavy atom. The van der Waals surface area contributed by atoms with Gasteiger partial charge in [0.1, 0.15) is 11.5 Å². The van der Waals surface area contributed by atoms with E-state index in [1.807, 2.05) is 25.1 Å². The van der Waals surface area contributed by atoms with Crippen molar-refractivity contribution >= 4 is 17.3 Å². The summed E-state index contributed by atoms with van der Waals surface area (Å²) in [5, 5.41) is 10.8. The van der Waals surface area contributed by atoms with Gasteiger partial charge in [0.25, 0.3) is 0 Å². The van der Waals surface area contributed by atoms with Gasteiger partial charge in [-0.15, -0.1) is 0 Å². The van der Waals surface area contributed by atoms with E-state index in [9.17, 15) is 4.79 Å². The molecule has 168 valence electrons. The molecule has 0 aromatic heterocycles. The minimum absolute atomic E-state index is 0.00282. The second-order valence-electron chi connectivity index (χ2n) is 9.25. The summed E-state index contributed by atoms with van der Waals surface area (Å²) >= 11 is 0. The minimum Gasteiger partial charge on any atom is -0.392 e. The second-order valence-corrected chi connectivity index (χ2v) is 9.25. The van der Waals surface area contributed by atoms with Crippen LogP contribution >= 0.6 is 0 Å². The molecular formula is C26H32N4O2. The largest absolute Gasteiger partial charge is 0.392 e. The van der Waals surface area contributed by atoms with Crippen LogP contribution in [-0.4, -0.2) is 55.3 Å². The standard InChI is InChI=1S/C26H32N4O2/c1-18-24(19(2)32-29-18)20-9-10-23-22(17-20)26(25(31)28-23,21-7-4-3-5-8-21)11-6-14-30-15-12-27-13-16-30/h3-5,7-10,17,19,24,27H,6,11-16H2,1-2H3,(H,28,31). The second kappa shape index (κ2) is 8.68. The molecule has 0 radical (unpaired) electrons. The van der Waals surface area contributed by atoms with Crippen molar-refractivity contribution in [3.63, 3.8) is 0 Å². The summed E-state index contributed by atoms with van der Waals surface area (Å²) in [5.41, 5.74) is 4.54. The van der Waals surface area contributed by atoms with Crippen LogP contribution in [0.5, 0.6) is 0 Å². The third kappa shape index (κ3) is 3.61. The predicted molar refractivity (Wildman–Crippen MR) is 127 cm³/mol. The van der Waals surface area contributed by atoms with Crippen LogP contribution in [0.2, 0.25) is 0 Å². The number of benzene rings is 2. The van der Waals surface area contributed by atoms with Gasteiger partial charge >= 0.3 is 0 Å². The number of piperazine rings is 1. The molecule has 1 fully saturated rings. The average Bonchev–Trinajstić information content (AvgIpc) is 3.30. The summed E-state index contributed by atoms with van der Waals surface area (Å²) in [6, 6.07) is 16.7. The fourth-order valence-corrected chi connectivity index (χ4v) is 5.61. The minimum atomic E-state index is -0.672. The van der Waals surface area contributed by atoms with Crippen molar-refractivity contribution in [2.75, 3.05) is 38.0 Å². The Balaban J connectivity index is 1.51. The molecule has 0 saturated carbocycles. The highest BCUT2D eigenvalue weighted by molar-refractivity contribution is 6.09. The topological polar surface area (TPSA) is 66.0 Å². The van der Waals surface area contributed by atoms with Crippen LogP contribution in [-0.2, 0) is 15.0 Å². The third-order valence-electron chi connectivity index (χ3n) is 7.28. The molecule has 6 heteroatoms. The molecule has 0 bridgehead atoms. The number of hydrogen-bond acceptors (Lipinski definition) is 5. The molecule has 1 saturated heterocycles. The van der Waals surface area contributed by atoms with E-state index in [0.717, 1.165) is 73.7 Å². The number of carbonyl (C=O) groups is 1. The van der Waals surface area contributed by atoms with Crippen molar-refractivity contribution in [2.45, 2.75) is 44.1 Å². The van der Waals surface area contributed by atoms with Gasteiger partial charge < -0.3 is 20.4 Å². The normalized spacial score (nSPS) is 27.6. The van der Waals surface area contributed by atoms with E-state index in [1.165, 1.54) is 0 Å². The lowest BCUT2D eigenvalue weighted by Gasteiger charge is -2.31. The number of hydrogen-bond donors (Lipinski definition) is 2. The number of anilines is 1. The summed E-state index contributed by atoms with van der Waals surface area (Å²) in [6.07, 6.45) is 1.75. The number of nitrogens with one attached hydrogen (secondary N) is 2. The van der Waals surface area contributed by atoms with Crippen molar-refractivity contribution in [1.29, 1.82) is 0 Å². The van der Waals surface area contributed by atoms with Crippen LogP contribution in [0.15, 0.2) is 53.7 Å². The van der Waals surface area contributed by atoms with Crippen molar-refractivity contribution in [3.8, 4) is 0 Å². The summed E-state index contributed by atoms with van der Waals surface area (Å²) in [7, 11) is 0. The van der Waals surface area contributed by atoms with Gasteiger partial charge in [0.2, 0.25) is 5.91 Å². The highest BCUT2D eigenvalue weighted by Gasteiger charge is 2.48. The number of carbonyl (C=O) groups excluding carboxylic acids is 1. The van der Waals surface area contributed by atoms with E-state index in [4.69, 9.17) is 4.84 Å². The van der Waals surface area contributed by atoms with Crippen LogP contribution < -0.4 is 10.6 Å². The first-order valence-electron chi connectivity index (χ1n) is 11.7. The maximum atomic E-state index is 13.6. The smallest absolute Gasteiger partial charge is 0.239 e. The molecule has 2 aromatic carbocycles. The molecule has 1 amide bonds. The quantitative estimate of drug-likeness (QED) is 0.733. The molecule has 3 aliphatic heterocycles. The van der Waals surface area contributed by atoms with Crippen LogP contribution in [0.25, 0.3) is 0 Å². The van der Waals surface area contributed by atoms with Crippen LogP contribution in [0.1, 0.15) is 49.3 Å². The van der Waals surface area contributed by atoms with Gasteiger partial charge in [-0.1, -0.05) is 47.6 Å². The summed E-state index contributed by atoms with van der Waals surface area (Å²) in [4.78, 5) is 21.6. The number of oxime groups is 1. The summed E-state index contributed by atoms with van der Waals surface area (Å²) < 4.78 is 0. The van der Waals surface area contributed by atoms with E-state index < -0.39 is 5.41 Å². The summed E-state index contributed by atoms with van der Waals surface area (Å²) in [5.74, 6) is 0.197. The fourth-order valence-electron chi connectivity index (χ4n) is 5.61. The lowest BCUT2D eigenvalue weighted by Crippen LogP contribution is -2.44. The molecule has 5 rings (SSSR count). The molecule has 0 aliphatic carbocycles. The Morgan fingerprint density at radius 1 is 1.16 bits per heavy atom. The highest BCUT2D eigenvalue weighted by Crippen LogP contribution is 2.47. The first-order valence-corrected chi connectivity index (χ1v) is 11.7. The molecular weight excluding hydrogens is 400 g/mol. The zero-order valence-electron chi connectivity index (χ0n) is 18.9. The maximum absolute atomic E-state index is 13.6. The van der Waals surface area contributed by atoms with E-state index in [0.29, 0.717) is 0 Å². The number of nitrogens with zero attached hydrogens (tertiary/aromatic N) is 2. The highest BCUT2D eigenvalue weighted by atomic mass is 16.6. The number of rotatable bonds is 6. The molecule has 6 nitrogen and oxygen atoms in total. The molecule has 32 heavy (non-hydrogen) atoms. The van der Waals surface area contributed by atoms with E-state index in [2.05, 4.69) is 57.9 Å². The third-order valence-corrected chi connectivity index (χ3v) is 7.28. The molecule has 3 heterocycles. The van der Waals surface area contributed by atoms with Crippen molar-refractivity contribution in [1.82, 2.24) is 10.2 Å². The van der Waals surface area contributed by atoms with Gasteiger partial charge in [0, 0.05) is 31.9 Å². The van der Waals surface area contributed by atoms with Crippen molar-refractivity contribution < 1.29 is 9.63 Å². The van der Waals surface area contributed by atoms with Crippen LogP contribution in [0.4, 0.5) is 5.69 Å². The van der Waals surface area contributed by atoms with Crippen molar-refractivity contribution in [3.05, 3.63) is 65.2 Å². The molecule has 2 aromatic rings. The lowest BCUT2D eigenvalue weighted by atomic mass is 9.71. The van der Waals surface area contributed by atoms with Gasteiger partial charge in [-0.25, -0.2) is 0 Å². The Kier molecular flexibility index (Phi) is 5.74. The Hall–Kier alpha value is -2.70. The molecule has 2 N–H and O–H groups in total. The predicted octanol–water partition coefficient (Wildman–Crippen LogP) is 3.49.